The molecule has 0 aliphatic carbocycles. The maximum atomic E-state index is 12.9. The number of unbranched alkanes of at least 4 members (excludes halogenated alkanes) is 25. The summed E-state index contributed by atoms with van der Waals surface area (Å²) in [6.45, 7) is 4.77. The summed E-state index contributed by atoms with van der Waals surface area (Å²) in [5, 5.41) is 13.8. The summed E-state index contributed by atoms with van der Waals surface area (Å²) in [6, 6.07) is -0.863. The van der Waals surface area contributed by atoms with Crippen LogP contribution in [0.15, 0.2) is 36.5 Å². The van der Waals surface area contributed by atoms with Gasteiger partial charge in [0.2, 0.25) is 5.91 Å². The molecule has 0 bridgehead atoms. The van der Waals surface area contributed by atoms with Gasteiger partial charge in [0.25, 0.3) is 0 Å². The Morgan fingerprint density at radius 2 is 0.982 bits per heavy atom. The van der Waals surface area contributed by atoms with Gasteiger partial charge in [-0.2, -0.15) is 0 Å². The third kappa shape index (κ3) is 40.9. The molecule has 3 N–H and O–H groups in total. The number of phosphoric ester groups is 1. The fourth-order valence-corrected chi connectivity index (χ4v) is 7.32. The van der Waals surface area contributed by atoms with Gasteiger partial charge in [-0.25, -0.2) is 4.57 Å². The minimum absolute atomic E-state index is 0.0552. The molecule has 0 aromatic heterocycles. The normalized spacial score (nSPS) is 14.6. The maximum absolute atomic E-state index is 12.9. The standard InChI is InChI=1S/C47H91N2O6P/c1-6-8-10-12-14-16-18-19-20-21-22-23-24-25-26-27-28-29-31-33-35-37-39-41-47(51)48-45(44-55-56(52,53)54-43-42-49(3,4)5)46(50)40-38-36-34-32-30-17-15-13-11-9-7-2/h25-26,30,32,38,40,45-46,50H,6-24,27-29,31,33-37,39,41-44H2,1-5H3,(H-,48,51,52,53)/p+1/b26-25-,32-30+,40-38+. The van der Waals surface area contributed by atoms with Crippen LogP contribution in [-0.2, 0) is 18.4 Å². The van der Waals surface area contributed by atoms with Gasteiger partial charge in [0.1, 0.15) is 13.2 Å². The number of allylic oxidation sites excluding steroid dienone is 5. The van der Waals surface area contributed by atoms with Crippen molar-refractivity contribution < 1.29 is 32.9 Å². The van der Waals surface area contributed by atoms with E-state index in [0.717, 1.165) is 38.5 Å². The average Bonchev–Trinajstić information content (AvgIpc) is 3.15. The first kappa shape index (κ1) is 54.7. The highest BCUT2D eigenvalue weighted by molar-refractivity contribution is 7.47. The van der Waals surface area contributed by atoms with Crippen LogP contribution in [0.5, 0.6) is 0 Å². The first-order valence-electron chi connectivity index (χ1n) is 23.4. The van der Waals surface area contributed by atoms with Gasteiger partial charge in [-0.1, -0.05) is 179 Å². The Hall–Kier alpha value is -1.28. The van der Waals surface area contributed by atoms with Gasteiger partial charge in [0, 0.05) is 6.42 Å². The Balaban J connectivity index is 4.27. The van der Waals surface area contributed by atoms with Crippen LogP contribution in [0.25, 0.3) is 0 Å². The fraction of sp³-hybridized carbons (Fsp3) is 0.851. The number of hydrogen-bond donors (Lipinski definition) is 3. The second kappa shape index (κ2) is 39.2. The van der Waals surface area contributed by atoms with E-state index in [2.05, 4.69) is 43.5 Å². The van der Waals surface area contributed by atoms with Crippen molar-refractivity contribution >= 4 is 13.7 Å². The van der Waals surface area contributed by atoms with Crippen molar-refractivity contribution in [2.75, 3.05) is 40.9 Å². The molecule has 0 spiro atoms. The third-order valence-corrected chi connectivity index (χ3v) is 11.3. The van der Waals surface area contributed by atoms with Gasteiger partial charge in [-0.15, -0.1) is 0 Å². The second-order valence-electron chi connectivity index (χ2n) is 17.1. The van der Waals surface area contributed by atoms with Crippen molar-refractivity contribution in [2.45, 2.75) is 219 Å². The first-order chi connectivity index (χ1) is 27.0. The second-order valence-corrected chi connectivity index (χ2v) is 18.6. The molecule has 8 nitrogen and oxygen atoms in total. The lowest BCUT2D eigenvalue weighted by Gasteiger charge is -2.25. The van der Waals surface area contributed by atoms with Gasteiger partial charge in [0.05, 0.1) is 39.9 Å². The number of nitrogens with one attached hydrogen (secondary N) is 1. The quantitative estimate of drug-likeness (QED) is 0.0245. The number of nitrogens with zero attached hydrogens (tertiary/aromatic N) is 1. The summed E-state index contributed by atoms with van der Waals surface area (Å²) in [4.78, 5) is 23.1. The number of carbonyl (C=O) groups excluding carboxylic acids is 1. The van der Waals surface area contributed by atoms with E-state index in [-0.39, 0.29) is 19.1 Å². The molecule has 56 heavy (non-hydrogen) atoms. The minimum atomic E-state index is -4.34. The summed E-state index contributed by atoms with van der Waals surface area (Å²) in [6.07, 6.45) is 48.0. The summed E-state index contributed by atoms with van der Waals surface area (Å²) < 4.78 is 23.5. The zero-order valence-corrected chi connectivity index (χ0v) is 38.3. The number of aliphatic hydroxyl groups is 1. The van der Waals surface area contributed by atoms with Gasteiger partial charge in [0.15, 0.2) is 0 Å². The Morgan fingerprint density at radius 1 is 0.589 bits per heavy atom. The average molecular weight is 812 g/mol. The first-order valence-corrected chi connectivity index (χ1v) is 24.9. The van der Waals surface area contributed by atoms with Crippen molar-refractivity contribution in [3.63, 3.8) is 0 Å². The van der Waals surface area contributed by atoms with Crippen LogP contribution in [0.3, 0.4) is 0 Å². The summed E-state index contributed by atoms with van der Waals surface area (Å²) >= 11 is 0. The summed E-state index contributed by atoms with van der Waals surface area (Å²) in [5.74, 6) is -0.193. The van der Waals surface area contributed by atoms with Crippen molar-refractivity contribution in [1.82, 2.24) is 5.32 Å². The number of likely N-dealkylation sites (N-methyl/N-ethyl adjacent to an activating group) is 1. The number of hydrogen-bond acceptors (Lipinski definition) is 5. The number of carbonyl (C=O) groups is 1. The molecule has 0 aliphatic rings. The van der Waals surface area contributed by atoms with Crippen LogP contribution in [0, 0.1) is 0 Å². The van der Waals surface area contributed by atoms with E-state index >= 15 is 0 Å². The molecule has 0 heterocycles. The maximum Gasteiger partial charge on any atom is 0.472 e. The van der Waals surface area contributed by atoms with E-state index in [1.54, 1.807) is 6.08 Å². The lowest BCUT2D eigenvalue weighted by molar-refractivity contribution is -0.870. The summed E-state index contributed by atoms with van der Waals surface area (Å²) in [7, 11) is 1.55. The zero-order chi connectivity index (χ0) is 41.4. The van der Waals surface area contributed by atoms with Crippen molar-refractivity contribution in [3.8, 4) is 0 Å². The van der Waals surface area contributed by atoms with Crippen molar-refractivity contribution in [1.29, 1.82) is 0 Å². The lowest BCUT2D eigenvalue weighted by atomic mass is 10.0. The van der Waals surface area contributed by atoms with E-state index in [1.807, 2.05) is 27.2 Å². The largest absolute Gasteiger partial charge is 0.472 e. The molecular formula is C47H92N2O6P+. The van der Waals surface area contributed by atoms with Gasteiger partial charge in [-0.05, 0) is 57.8 Å². The highest BCUT2D eigenvalue weighted by Gasteiger charge is 2.27. The van der Waals surface area contributed by atoms with E-state index in [1.165, 1.54) is 148 Å². The number of rotatable bonds is 42. The Morgan fingerprint density at radius 3 is 1.43 bits per heavy atom. The molecule has 0 radical (unpaired) electrons. The van der Waals surface area contributed by atoms with Crippen LogP contribution >= 0.6 is 7.82 Å². The number of amides is 1. The van der Waals surface area contributed by atoms with Gasteiger partial charge >= 0.3 is 7.82 Å². The van der Waals surface area contributed by atoms with E-state index < -0.39 is 20.0 Å². The smallest absolute Gasteiger partial charge is 0.387 e. The molecule has 0 fully saturated rings. The molecule has 0 aliphatic heterocycles. The van der Waals surface area contributed by atoms with Crippen LogP contribution in [-0.4, -0.2) is 73.4 Å². The van der Waals surface area contributed by atoms with E-state index in [0.29, 0.717) is 17.4 Å². The van der Waals surface area contributed by atoms with Crippen LogP contribution in [0.1, 0.15) is 206 Å². The zero-order valence-electron chi connectivity index (χ0n) is 37.4. The molecule has 1 amide bonds. The molecule has 9 heteroatoms. The third-order valence-electron chi connectivity index (χ3n) is 10.3. The molecule has 0 saturated heterocycles. The molecular weight excluding hydrogens is 719 g/mol. The Bertz CT molecular complexity index is 1010. The van der Waals surface area contributed by atoms with Crippen LogP contribution < -0.4 is 5.32 Å². The number of phosphoric acid groups is 1. The van der Waals surface area contributed by atoms with Crippen LogP contribution in [0.4, 0.5) is 0 Å². The van der Waals surface area contributed by atoms with Gasteiger partial charge < -0.3 is 19.8 Å². The highest BCUT2D eigenvalue weighted by Crippen LogP contribution is 2.43. The summed E-state index contributed by atoms with van der Waals surface area (Å²) in [5.41, 5.74) is 0. The molecule has 0 saturated carbocycles. The lowest BCUT2D eigenvalue weighted by Crippen LogP contribution is -2.45. The van der Waals surface area contributed by atoms with E-state index in [9.17, 15) is 19.4 Å². The predicted molar refractivity (Wildman–Crippen MR) is 240 cm³/mol. The molecule has 3 unspecified atom stereocenters. The molecule has 0 aromatic carbocycles. The number of quaternary nitrogens is 1. The van der Waals surface area contributed by atoms with Crippen molar-refractivity contribution in [2.24, 2.45) is 0 Å². The van der Waals surface area contributed by atoms with Crippen molar-refractivity contribution in [3.05, 3.63) is 36.5 Å². The minimum Gasteiger partial charge on any atom is -0.387 e. The predicted octanol–water partition coefficient (Wildman–Crippen LogP) is 13.1. The number of aliphatic hydroxyl groups excluding tert-OH is 1. The monoisotopic (exact) mass is 812 g/mol. The fourth-order valence-electron chi connectivity index (χ4n) is 6.58. The molecule has 330 valence electrons. The molecule has 3 atom stereocenters. The topological polar surface area (TPSA) is 105 Å². The Labute approximate surface area is 347 Å². The van der Waals surface area contributed by atoms with E-state index in [4.69, 9.17) is 9.05 Å². The Kier molecular flexibility index (Phi) is 38.3. The van der Waals surface area contributed by atoms with Gasteiger partial charge in [-0.3, -0.25) is 13.8 Å². The molecule has 0 rings (SSSR count). The SMILES string of the molecule is CCCCCCC/C=C/CC/C=C/C(O)C(COP(=O)(O)OCC[N+](C)(C)C)NC(=O)CCCCCCCCC/C=C\CCCCCCCCCCCCCC. The highest BCUT2D eigenvalue weighted by atomic mass is 31.2. The van der Waals surface area contributed by atoms with Crippen LogP contribution in [0.2, 0.25) is 0 Å². The molecule has 0 aromatic rings.